The van der Waals surface area contributed by atoms with Crippen molar-refractivity contribution in [2.24, 2.45) is 0 Å². The van der Waals surface area contributed by atoms with Gasteiger partial charge in [-0.05, 0) is 41.5 Å². The Kier molecular flexibility index (Phi) is 9.81. The summed E-state index contributed by atoms with van der Waals surface area (Å²) >= 11 is 0. The van der Waals surface area contributed by atoms with E-state index in [0.29, 0.717) is 12.1 Å². The van der Waals surface area contributed by atoms with Crippen molar-refractivity contribution >= 4 is 12.9 Å². The fourth-order valence-corrected chi connectivity index (χ4v) is 4.78. The summed E-state index contributed by atoms with van der Waals surface area (Å²) in [6, 6.07) is 32.4. The molecular weight excluding hydrogens is 542 g/mol. The van der Waals surface area contributed by atoms with Crippen molar-refractivity contribution in [3.8, 4) is 28.3 Å². The van der Waals surface area contributed by atoms with Gasteiger partial charge in [-0.25, -0.2) is 4.57 Å². The Balaban J connectivity index is 0.00000200. The highest BCUT2D eigenvalue weighted by atomic mass is 35.5. The van der Waals surface area contributed by atoms with Gasteiger partial charge in [-0.3, -0.25) is 4.57 Å². The second kappa shape index (κ2) is 12.8. The van der Waals surface area contributed by atoms with Gasteiger partial charge in [0.1, 0.15) is 11.5 Å². The Morgan fingerprint density at radius 3 is 1.76 bits per heavy atom. The molecular formula is C29H25Cl2N2O4P. The topological polar surface area (TPSA) is 74.5 Å². The van der Waals surface area contributed by atoms with Crippen molar-refractivity contribution in [3.63, 3.8) is 0 Å². The van der Waals surface area contributed by atoms with Crippen LogP contribution in [0.5, 0.6) is 11.5 Å². The van der Waals surface area contributed by atoms with Crippen LogP contribution in [-0.2, 0) is 11.1 Å². The van der Waals surface area contributed by atoms with Crippen LogP contribution in [0.25, 0.3) is 16.8 Å². The van der Waals surface area contributed by atoms with Crippen molar-refractivity contribution in [2.45, 2.75) is 6.54 Å². The van der Waals surface area contributed by atoms with Crippen molar-refractivity contribution in [3.05, 3.63) is 133 Å². The van der Waals surface area contributed by atoms with E-state index in [9.17, 15) is 14.4 Å². The standard InChI is InChI=1S/C29H23N2O4P.2ClH/c32-36(33,34)29-9-5-4-6-25(29)22-30-18-14-23(15-19-30)24-16-20-31(21-17-24)26-10-12-28(13-11-26)35-27-7-2-1-3-8-27;;/h1-21H,22H2;2*1H. The molecule has 0 amide bonds. The van der Waals surface area contributed by atoms with E-state index in [2.05, 4.69) is 12.1 Å². The summed E-state index contributed by atoms with van der Waals surface area (Å²) in [5.74, 6) is 1.58. The lowest BCUT2D eigenvalue weighted by molar-refractivity contribution is -0.688. The van der Waals surface area contributed by atoms with E-state index in [1.807, 2.05) is 101 Å². The third-order valence-corrected chi connectivity index (χ3v) is 6.89. The fourth-order valence-electron chi connectivity index (χ4n) is 3.98. The molecule has 38 heavy (non-hydrogen) atoms. The number of para-hydroxylation sites is 1. The van der Waals surface area contributed by atoms with Crippen molar-refractivity contribution in [2.75, 3.05) is 0 Å². The summed E-state index contributed by atoms with van der Waals surface area (Å²) in [7, 11) is -4.32. The lowest BCUT2D eigenvalue weighted by Gasteiger charge is -2.08. The van der Waals surface area contributed by atoms with Crippen molar-refractivity contribution < 1.29 is 53.0 Å². The number of pyridine rings is 2. The highest BCUT2D eigenvalue weighted by Gasteiger charge is 2.22. The summed E-state index contributed by atoms with van der Waals surface area (Å²) in [5, 5.41) is 0.0638. The van der Waals surface area contributed by atoms with Crippen LogP contribution in [0, 0.1) is 0 Å². The van der Waals surface area contributed by atoms with Crippen LogP contribution < -0.4 is 44.0 Å². The highest BCUT2D eigenvalue weighted by Crippen LogP contribution is 2.34. The number of benzene rings is 3. The van der Waals surface area contributed by atoms with Gasteiger partial charge in [-0.1, -0.05) is 36.4 Å². The normalized spacial score (nSPS) is 10.7. The second-order valence-corrected chi connectivity index (χ2v) is 9.90. The molecule has 0 bridgehead atoms. The maximum Gasteiger partial charge on any atom is 0.356 e. The molecule has 5 rings (SSSR count). The number of hydrogen-bond acceptors (Lipinski definition) is 2. The van der Waals surface area contributed by atoms with E-state index in [0.717, 1.165) is 28.3 Å². The molecule has 2 heterocycles. The van der Waals surface area contributed by atoms with Gasteiger partial charge in [0.05, 0.1) is 5.30 Å². The van der Waals surface area contributed by atoms with Gasteiger partial charge >= 0.3 is 7.60 Å². The highest BCUT2D eigenvalue weighted by molar-refractivity contribution is 7.60. The Morgan fingerprint density at radius 1 is 0.632 bits per heavy atom. The minimum absolute atomic E-state index is 0. The average molecular weight is 567 g/mol. The van der Waals surface area contributed by atoms with Gasteiger partial charge in [0.2, 0.25) is 5.69 Å². The molecule has 5 aromatic rings. The SMILES string of the molecule is O=P(O)(O)c1ccccc1C[n+]1ccc(-c2cc[n+](-c3ccc(Oc4ccccc4)cc3)cc2)cc1.[Cl-].[Cl-]. The first kappa shape index (κ1) is 29.1. The molecule has 0 aliphatic heterocycles. The van der Waals surface area contributed by atoms with E-state index in [-0.39, 0.29) is 30.1 Å². The minimum atomic E-state index is -4.32. The Hall–Kier alpha value is -3.51. The quantitative estimate of drug-likeness (QED) is 0.187. The maximum atomic E-state index is 11.8. The van der Waals surface area contributed by atoms with E-state index in [1.165, 1.54) is 6.07 Å². The van der Waals surface area contributed by atoms with Crippen LogP contribution in [0.15, 0.2) is 128 Å². The molecule has 2 N–H and O–H groups in total. The van der Waals surface area contributed by atoms with Gasteiger partial charge in [-0.15, -0.1) is 0 Å². The summed E-state index contributed by atoms with van der Waals surface area (Å²) in [5.41, 5.74) is 3.74. The zero-order valence-electron chi connectivity index (χ0n) is 20.1. The molecule has 0 radical (unpaired) electrons. The molecule has 0 fully saturated rings. The lowest BCUT2D eigenvalue weighted by atomic mass is 10.1. The second-order valence-electron chi connectivity index (χ2n) is 8.33. The fraction of sp³-hybridized carbons (Fsp3) is 0.0345. The minimum Gasteiger partial charge on any atom is -1.00 e. The van der Waals surface area contributed by atoms with E-state index in [4.69, 9.17) is 4.74 Å². The first-order valence-corrected chi connectivity index (χ1v) is 13.1. The third kappa shape index (κ3) is 7.07. The summed E-state index contributed by atoms with van der Waals surface area (Å²) in [6.45, 7) is 0.375. The van der Waals surface area contributed by atoms with Gasteiger partial charge in [-0.2, -0.15) is 4.57 Å². The molecule has 0 saturated carbocycles. The van der Waals surface area contributed by atoms with Gasteiger partial charge in [0.25, 0.3) is 0 Å². The molecule has 0 unspecified atom stereocenters. The molecule has 0 saturated heterocycles. The van der Waals surface area contributed by atoms with Gasteiger partial charge < -0.3 is 39.3 Å². The molecule has 0 aliphatic rings. The monoisotopic (exact) mass is 566 g/mol. The van der Waals surface area contributed by atoms with Crippen LogP contribution in [0.2, 0.25) is 0 Å². The molecule has 3 aromatic carbocycles. The Labute approximate surface area is 233 Å². The lowest BCUT2D eigenvalue weighted by Crippen LogP contribution is -3.00. The Bertz CT molecular complexity index is 1510. The molecule has 0 atom stereocenters. The molecule has 0 spiro atoms. The van der Waals surface area contributed by atoms with Crippen LogP contribution in [0.4, 0.5) is 0 Å². The zero-order valence-corrected chi connectivity index (χ0v) is 22.5. The largest absolute Gasteiger partial charge is 1.00 e. The van der Waals surface area contributed by atoms with Gasteiger partial charge in [0, 0.05) is 42.0 Å². The smallest absolute Gasteiger partial charge is 0.356 e. The van der Waals surface area contributed by atoms with E-state index < -0.39 is 7.60 Å². The van der Waals surface area contributed by atoms with Crippen LogP contribution in [-0.4, -0.2) is 9.79 Å². The predicted octanol–water partition coefficient (Wildman–Crippen LogP) is -1.43. The zero-order chi connectivity index (χ0) is 25.0. The predicted molar refractivity (Wildman–Crippen MR) is 137 cm³/mol. The van der Waals surface area contributed by atoms with Crippen LogP contribution in [0.1, 0.15) is 5.56 Å². The first-order chi connectivity index (χ1) is 17.5. The van der Waals surface area contributed by atoms with E-state index >= 15 is 0 Å². The van der Waals surface area contributed by atoms with Crippen molar-refractivity contribution in [1.29, 1.82) is 0 Å². The first-order valence-electron chi connectivity index (χ1n) is 11.4. The molecule has 6 nitrogen and oxygen atoms in total. The Morgan fingerprint density at radius 2 is 1.16 bits per heavy atom. The number of halogens is 2. The van der Waals surface area contributed by atoms with E-state index in [1.54, 1.807) is 18.2 Å². The number of rotatable bonds is 7. The molecule has 2 aromatic heterocycles. The summed E-state index contributed by atoms with van der Waals surface area (Å²) in [4.78, 5) is 19.2. The van der Waals surface area contributed by atoms with Crippen molar-refractivity contribution in [1.82, 2.24) is 0 Å². The summed E-state index contributed by atoms with van der Waals surface area (Å²) in [6.07, 6.45) is 7.86. The average Bonchev–Trinajstić information content (AvgIpc) is 2.90. The molecule has 194 valence electrons. The van der Waals surface area contributed by atoms with Gasteiger partial charge in [0.15, 0.2) is 31.3 Å². The molecule has 9 heteroatoms. The van der Waals surface area contributed by atoms with Crippen LogP contribution in [0.3, 0.4) is 0 Å². The maximum absolute atomic E-state index is 11.8. The number of nitrogens with zero attached hydrogens (tertiary/aromatic N) is 2. The number of ether oxygens (including phenoxy) is 1. The number of hydrogen-bond donors (Lipinski definition) is 2. The van der Waals surface area contributed by atoms with Crippen LogP contribution >= 0.6 is 7.60 Å². The number of aromatic nitrogens is 2. The summed E-state index contributed by atoms with van der Waals surface area (Å²) < 4.78 is 21.6. The molecule has 0 aliphatic carbocycles. The third-order valence-electron chi connectivity index (χ3n) is 5.83.